The molecule has 1 aromatic heterocycles. The normalized spacial score (nSPS) is 13.0. The minimum atomic E-state index is 0.156. The van der Waals surface area contributed by atoms with E-state index in [9.17, 15) is 0 Å². The van der Waals surface area contributed by atoms with Gasteiger partial charge in [0.25, 0.3) is 0 Å². The van der Waals surface area contributed by atoms with E-state index in [2.05, 4.69) is 41.4 Å². The molecule has 2 N–H and O–H groups in total. The molecule has 1 aromatic rings. The maximum Gasteiger partial charge on any atom is 0.213 e. The second kappa shape index (κ2) is 12.5. The zero-order valence-corrected chi connectivity index (χ0v) is 16.3. The molecule has 0 saturated carbocycles. The SMILES string of the molecule is CCNC(=NCc1ccnc(OC(C)CC(C)C)c1)NCCOCC. The Balaban J connectivity index is 2.59. The first-order valence-corrected chi connectivity index (χ1v) is 9.26. The van der Waals surface area contributed by atoms with Crippen molar-refractivity contribution in [2.24, 2.45) is 10.9 Å². The number of nitrogens with zero attached hydrogens (tertiary/aromatic N) is 2. The minimum Gasteiger partial charge on any atom is -0.475 e. The standard InChI is InChI=1S/C19H34N4O2/c1-6-20-19(22-10-11-24-7-2)23-14-17-8-9-21-18(13-17)25-16(5)12-15(3)4/h8-9,13,15-16H,6-7,10-12,14H2,1-5H3,(H2,20,22,23). The lowest BCUT2D eigenvalue weighted by molar-refractivity contribution is 0.152. The Labute approximate surface area is 152 Å². The molecule has 1 unspecified atom stereocenters. The zero-order valence-electron chi connectivity index (χ0n) is 16.3. The average molecular weight is 351 g/mol. The smallest absolute Gasteiger partial charge is 0.213 e. The number of hydrogen-bond acceptors (Lipinski definition) is 4. The van der Waals surface area contributed by atoms with Crippen LogP contribution < -0.4 is 15.4 Å². The number of hydrogen-bond donors (Lipinski definition) is 2. The fourth-order valence-corrected chi connectivity index (χ4v) is 2.43. The highest BCUT2D eigenvalue weighted by Gasteiger charge is 2.08. The van der Waals surface area contributed by atoms with Gasteiger partial charge in [0.15, 0.2) is 5.96 Å². The van der Waals surface area contributed by atoms with Crippen LogP contribution in [0.4, 0.5) is 0 Å². The van der Waals surface area contributed by atoms with Crippen LogP contribution in [0.5, 0.6) is 5.88 Å². The first kappa shape index (κ1) is 21.2. The van der Waals surface area contributed by atoms with Crippen LogP contribution in [0.25, 0.3) is 0 Å². The lowest BCUT2D eigenvalue weighted by Gasteiger charge is -2.16. The first-order chi connectivity index (χ1) is 12.0. The van der Waals surface area contributed by atoms with Gasteiger partial charge in [0, 0.05) is 32.0 Å². The van der Waals surface area contributed by atoms with Gasteiger partial charge in [-0.1, -0.05) is 13.8 Å². The van der Waals surface area contributed by atoms with E-state index in [0.29, 0.717) is 24.9 Å². The molecular weight excluding hydrogens is 316 g/mol. The topological polar surface area (TPSA) is 67.8 Å². The van der Waals surface area contributed by atoms with Crippen molar-refractivity contribution in [1.82, 2.24) is 15.6 Å². The van der Waals surface area contributed by atoms with Gasteiger partial charge in [0.05, 0.1) is 19.3 Å². The van der Waals surface area contributed by atoms with Crippen LogP contribution in [0.15, 0.2) is 23.3 Å². The summed E-state index contributed by atoms with van der Waals surface area (Å²) in [7, 11) is 0. The minimum absolute atomic E-state index is 0.156. The van der Waals surface area contributed by atoms with Gasteiger partial charge in [-0.05, 0) is 44.7 Å². The lowest BCUT2D eigenvalue weighted by atomic mass is 10.1. The van der Waals surface area contributed by atoms with E-state index < -0.39 is 0 Å². The molecule has 0 aliphatic rings. The van der Waals surface area contributed by atoms with E-state index in [-0.39, 0.29) is 6.10 Å². The highest BCUT2D eigenvalue weighted by Crippen LogP contribution is 2.15. The second-order valence-electron chi connectivity index (χ2n) is 6.38. The third-order valence-corrected chi connectivity index (χ3v) is 3.43. The van der Waals surface area contributed by atoms with Gasteiger partial charge in [-0.25, -0.2) is 9.98 Å². The zero-order chi connectivity index (χ0) is 18.5. The molecule has 0 saturated heterocycles. The molecule has 0 amide bonds. The summed E-state index contributed by atoms with van der Waals surface area (Å²) in [6, 6.07) is 3.93. The summed E-state index contributed by atoms with van der Waals surface area (Å²) in [6.07, 6.45) is 2.94. The highest BCUT2D eigenvalue weighted by atomic mass is 16.5. The van der Waals surface area contributed by atoms with Gasteiger partial charge in [-0.15, -0.1) is 0 Å². The maximum atomic E-state index is 5.90. The van der Waals surface area contributed by atoms with Gasteiger partial charge < -0.3 is 20.1 Å². The average Bonchev–Trinajstić information content (AvgIpc) is 2.56. The van der Waals surface area contributed by atoms with Crippen LogP contribution in [0.2, 0.25) is 0 Å². The Morgan fingerprint density at radius 1 is 1.24 bits per heavy atom. The summed E-state index contributed by atoms with van der Waals surface area (Å²) in [6.45, 7) is 14.0. The molecule has 0 radical (unpaired) electrons. The van der Waals surface area contributed by atoms with E-state index in [1.165, 1.54) is 0 Å². The first-order valence-electron chi connectivity index (χ1n) is 9.26. The van der Waals surface area contributed by atoms with Crippen molar-refractivity contribution in [2.75, 3.05) is 26.3 Å². The molecule has 0 bridgehead atoms. The monoisotopic (exact) mass is 350 g/mol. The van der Waals surface area contributed by atoms with Gasteiger partial charge >= 0.3 is 0 Å². The molecule has 0 aromatic carbocycles. The van der Waals surface area contributed by atoms with Gasteiger partial charge in [-0.2, -0.15) is 0 Å². The molecule has 1 atom stereocenters. The van der Waals surface area contributed by atoms with Crippen LogP contribution in [0.1, 0.15) is 46.6 Å². The van der Waals surface area contributed by atoms with Crippen molar-refractivity contribution in [2.45, 2.75) is 53.7 Å². The summed E-state index contributed by atoms with van der Waals surface area (Å²) in [5, 5.41) is 6.50. The molecule has 142 valence electrons. The second-order valence-corrected chi connectivity index (χ2v) is 6.38. The molecule has 1 heterocycles. The van der Waals surface area contributed by atoms with Crippen molar-refractivity contribution in [3.05, 3.63) is 23.9 Å². The summed E-state index contributed by atoms with van der Waals surface area (Å²) in [5.41, 5.74) is 1.07. The Morgan fingerprint density at radius 3 is 2.72 bits per heavy atom. The molecule has 6 nitrogen and oxygen atoms in total. The third-order valence-electron chi connectivity index (χ3n) is 3.43. The van der Waals surface area contributed by atoms with Crippen LogP contribution in [0, 0.1) is 5.92 Å². The van der Waals surface area contributed by atoms with Gasteiger partial charge in [-0.3, -0.25) is 0 Å². The van der Waals surface area contributed by atoms with Crippen molar-refractivity contribution < 1.29 is 9.47 Å². The lowest BCUT2D eigenvalue weighted by Crippen LogP contribution is -2.39. The summed E-state index contributed by atoms with van der Waals surface area (Å²) in [5.74, 6) is 2.05. The van der Waals surface area contributed by atoms with E-state index in [0.717, 1.165) is 37.6 Å². The van der Waals surface area contributed by atoms with Gasteiger partial charge in [0.2, 0.25) is 5.88 Å². The van der Waals surface area contributed by atoms with Crippen LogP contribution >= 0.6 is 0 Å². The predicted octanol–water partition coefficient (Wildman–Crippen LogP) is 2.99. The number of aromatic nitrogens is 1. The molecule has 0 aliphatic carbocycles. The van der Waals surface area contributed by atoms with Crippen LogP contribution in [-0.2, 0) is 11.3 Å². The molecule has 6 heteroatoms. The Kier molecular flexibility index (Phi) is 10.6. The quantitative estimate of drug-likeness (QED) is 0.365. The highest BCUT2D eigenvalue weighted by molar-refractivity contribution is 5.79. The molecule has 1 rings (SSSR count). The van der Waals surface area contributed by atoms with E-state index in [1.807, 2.05) is 26.0 Å². The van der Waals surface area contributed by atoms with E-state index in [1.54, 1.807) is 6.20 Å². The van der Waals surface area contributed by atoms with Crippen molar-refractivity contribution >= 4 is 5.96 Å². The number of ether oxygens (including phenoxy) is 2. The van der Waals surface area contributed by atoms with Gasteiger partial charge in [0.1, 0.15) is 0 Å². The maximum absolute atomic E-state index is 5.90. The van der Waals surface area contributed by atoms with Crippen molar-refractivity contribution in [3.63, 3.8) is 0 Å². The fourth-order valence-electron chi connectivity index (χ4n) is 2.43. The Hall–Kier alpha value is -1.82. The molecule has 0 fully saturated rings. The number of aliphatic imine (C=N–C) groups is 1. The molecule has 0 spiro atoms. The number of pyridine rings is 1. The van der Waals surface area contributed by atoms with E-state index >= 15 is 0 Å². The Morgan fingerprint density at radius 2 is 2.04 bits per heavy atom. The van der Waals surface area contributed by atoms with E-state index in [4.69, 9.17) is 9.47 Å². The summed E-state index contributed by atoms with van der Waals surface area (Å²) in [4.78, 5) is 8.91. The van der Waals surface area contributed by atoms with Crippen LogP contribution in [-0.4, -0.2) is 43.4 Å². The van der Waals surface area contributed by atoms with Crippen molar-refractivity contribution in [1.29, 1.82) is 0 Å². The molecule has 0 aliphatic heterocycles. The predicted molar refractivity (Wildman–Crippen MR) is 103 cm³/mol. The summed E-state index contributed by atoms with van der Waals surface area (Å²) < 4.78 is 11.2. The Bertz CT molecular complexity index is 506. The molecular formula is C19H34N4O2. The van der Waals surface area contributed by atoms with Crippen molar-refractivity contribution in [3.8, 4) is 5.88 Å². The fraction of sp³-hybridized carbons (Fsp3) is 0.684. The summed E-state index contributed by atoms with van der Waals surface area (Å²) >= 11 is 0. The number of rotatable bonds is 11. The largest absolute Gasteiger partial charge is 0.475 e. The molecule has 25 heavy (non-hydrogen) atoms. The number of nitrogens with one attached hydrogen (secondary N) is 2. The third kappa shape index (κ3) is 9.92. The number of guanidine groups is 1. The van der Waals surface area contributed by atoms with Crippen LogP contribution in [0.3, 0.4) is 0 Å².